The summed E-state index contributed by atoms with van der Waals surface area (Å²) in [7, 11) is 0. The minimum absolute atomic E-state index is 0.0376. The molecule has 1 aromatic carbocycles. The number of carbonyl (C=O) groups is 1. The van der Waals surface area contributed by atoms with Gasteiger partial charge >= 0.3 is 6.09 Å². The lowest BCUT2D eigenvalue weighted by Crippen LogP contribution is -2.59. The Kier molecular flexibility index (Phi) is 6.57. The zero-order chi connectivity index (χ0) is 24.5. The van der Waals surface area contributed by atoms with Crippen molar-refractivity contribution in [3.63, 3.8) is 0 Å². The second-order valence-electron chi connectivity index (χ2n) is 9.58. The van der Waals surface area contributed by atoms with Crippen LogP contribution in [-0.2, 0) is 9.47 Å². The minimum Gasteiger partial charge on any atom is -0.473 e. The van der Waals surface area contributed by atoms with Crippen LogP contribution in [0.2, 0.25) is 0 Å². The SMILES string of the molecule is [C-]#[N+]c1ccc(Nc2ncnc(OC3C4COCC3CN(C(=O)OC(C)(C)C)C4)c2C)c(F)c1. The standard InChI is InChI=1S/C24H28FN5O4/c1-14-21(29-19-7-6-17(26-5)8-18(19)25)27-13-28-22(14)33-20-15-9-30(10-16(20)12-32-11-15)23(31)34-24(2,3)4/h6-8,13,15-16,20H,9-12H2,1-4H3,(H,27,28,29). The molecule has 1 amide bonds. The lowest BCUT2D eigenvalue weighted by atomic mass is 9.84. The molecule has 180 valence electrons. The van der Waals surface area contributed by atoms with Crippen molar-refractivity contribution in [2.75, 3.05) is 31.6 Å². The summed E-state index contributed by atoms with van der Waals surface area (Å²) in [5.74, 6) is 0.180. The first kappa shape index (κ1) is 23.7. The predicted octanol–water partition coefficient (Wildman–Crippen LogP) is 4.48. The number of rotatable bonds is 4. The van der Waals surface area contributed by atoms with Gasteiger partial charge in [-0.1, -0.05) is 6.07 Å². The van der Waals surface area contributed by atoms with E-state index in [4.69, 9.17) is 20.8 Å². The maximum Gasteiger partial charge on any atom is 0.410 e. The number of amides is 1. The number of nitrogens with zero attached hydrogens (tertiary/aromatic N) is 4. The Balaban J connectivity index is 1.49. The van der Waals surface area contributed by atoms with Gasteiger partial charge in [0.15, 0.2) is 5.69 Å². The van der Waals surface area contributed by atoms with Gasteiger partial charge in [0.25, 0.3) is 0 Å². The van der Waals surface area contributed by atoms with Crippen LogP contribution in [0.1, 0.15) is 26.3 Å². The number of ether oxygens (including phenoxy) is 3. The lowest BCUT2D eigenvalue weighted by Gasteiger charge is -2.46. The van der Waals surface area contributed by atoms with Crippen molar-refractivity contribution in [1.82, 2.24) is 14.9 Å². The highest BCUT2D eigenvalue weighted by Gasteiger charge is 2.44. The molecule has 34 heavy (non-hydrogen) atoms. The number of nitrogens with one attached hydrogen (secondary N) is 1. The number of likely N-dealkylation sites (tertiary alicyclic amines) is 1. The summed E-state index contributed by atoms with van der Waals surface area (Å²) in [5.41, 5.74) is 0.492. The molecule has 2 aliphatic rings. The number of aromatic nitrogens is 2. The number of hydrogen-bond donors (Lipinski definition) is 1. The van der Waals surface area contributed by atoms with Crippen molar-refractivity contribution < 1.29 is 23.4 Å². The molecule has 3 heterocycles. The molecule has 0 saturated carbocycles. The van der Waals surface area contributed by atoms with E-state index in [2.05, 4.69) is 20.1 Å². The first-order chi connectivity index (χ1) is 16.1. The molecule has 2 fully saturated rings. The molecule has 1 N–H and O–H groups in total. The maximum absolute atomic E-state index is 14.4. The van der Waals surface area contributed by atoms with Gasteiger partial charge in [0, 0.05) is 24.9 Å². The van der Waals surface area contributed by atoms with Gasteiger partial charge < -0.3 is 24.4 Å². The normalized spacial score (nSPS) is 22.0. The highest BCUT2D eigenvalue weighted by molar-refractivity contribution is 5.68. The van der Waals surface area contributed by atoms with Crippen LogP contribution >= 0.6 is 0 Å². The van der Waals surface area contributed by atoms with Crippen molar-refractivity contribution in [2.45, 2.75) is 39.4 Å². The average Bonchev–Trinajstić information content (AvgIpc) is 2.76. The zero-order valence-electron chi connectivity index (χ0n) is 19.7. The molecular formula is C24H28FN5O4. The quantitative estimate of drug-likeness (QED) is 0.661. The molecule has 2 saturated heterocycles. The topological polar surface area (TPSA) is 90.2 Å². The van der Waals surface area contributed by atoms with Crippen molar-refractivity contribution in [3.8, 4) is 5.88 Å². The van der Waals surface area contributed by atoms with E-state index in [9.17, 15) is 9.18 Å². The number of anilines is 2. The largest absolute Gasteiger partial charge is 0.473 e. The summed E-state index contributed by atoms with van der Waals surface area (Å²) < 4.78 is 32.0. The Morgan fingerprint density at radius 2 is 1.97 bits per heavy atom. The minimum atomic E-state index is -0.562. The molecule has 2 aromatic rings. The Bertz CT molecular complexity index is 1100. The number of hydrogen-bond acceptors (Lipinski definition) is 7. The van der Waals surface area contributed by atoms with E-state index in [0.717, 1.165) is 0 Å². The van der Waals surface area contributed by atoms with Crippen LogP contribution < -0.4 is 10.1 Å². The van der Waals surface area contributed by atoms with Crippen LogP contribution in [0.4, 0.5) is 26.4 Å². The van der Waals surface area contributed by atoms with E-state index in [1.807, 2.05) is 20.8 Å². The van der Waals surface area contributed by atoms with E-state index in [0.29, 0.717) is 43.6 Å². The van der Waals surface area contributed by atoms with Gasteiger partial charge in [-0.05, 0) is 39.8 Å². The Morgan fingerprint density at radius 1 is 1.26 bits per heavy atom. The molecule has 2 unspecified atom stereocenters. The molecule has 0 aliphatic carbocycles. The monoisotopic (exact) mass is 469 g/mol. The lowest BCUT2D eigenvalue weighted by molar-refractivity contribution is -0.113. The molecular weight excluding hydrogens is 441 g/mol. The molecule has 10 heteroatoms. The van der Waals surface area contributed by atoms with Gasteiger partial charge in [0.2, 0.25) is 5.88 Å². The van der Waals surface area contributed by atoms with Crippen LogP contribution in [0.3, 0.4) is 0 Å². The van der Waals surface area contributed by atoms with Crippen LogP contribution in [0.5, 0.6) is 5.88 Å². The van der Waals surface area contributed by atoms with Crippen molar-refractivity contribution in [3.05, 3.63) is 47.3 Å². The van der Waals surface area contributed by atoms with Crippen molar-refractivity contribution >= 4 is 23.3 Å². The van der Waals surface area contributed by atoms with Gasteiger partial charge in [0.05, 0.1) is 31.0 Å². The highest BCUT2D eigenvalue weighted by Crippen LogP contribution is 2.34. The van der Waals surface area contributed by atoms with E-state index in [-0.39, 0.29) is 35.4 Å². The van der Waals surface area contributed by atoms with Crippen LogP contribution in [0, 0.1) is 31.1 Å². The Labute approximate surface area is 198 Å². The fourth-order valence-corrected chi connectivity index (χ4v) is 4.18. The van der Waals surface area contributed by atoms with E-state index >= 15 is 0 Å². The van der Waals surface area contributed by atoms with Gasteiger partial charge in [-0.25, -0.2) is 24.0 Å². The summed E-state index contributed by atoms with van der Waals surface area (Å²) in [6.45, 7) is 16.2. The Morgan fingerprint density at radius 3 is 2.59 bits per heavy atom. The first-order valence-electron chi connectivity index (χ1n) is 11.1. The number of halogens is 1. The fourth-order valence-electron chi connectivity index (χ4n) is 4.18. The summed E-state index contributed by atoms with van der Waals surface area (Å²) >= 11 is 0. The van der Waals surface area contributed by atoms with Crippen LogP contribution in [0.25, 0.3) is 4.85 Å². The third kappa shape index (κ3) is 5.20. The van der Waals surface area contributed by atoms with E-state index in [1.165, 1.54) is 24.5 Å². The van der Waals surface area contributed by atoms with Gasteiger partial charge in [-0.3, -0.25) is 0 Å². The molecule has 0 radical (unpaired) electrons. The molecule has 0 spiro atoms. The summed E-state index contributed by atoms with van der Waals surface area (Å²) in [4.78, 5) is 26.1. The van der Waals surface area contributed by atoms with E-state index in [1.54, 1.807) is 11.8 Å². The maximum atomic E-state index is 14.4. The summed E-state index contributed by atoms with van der Waals surface area (Å²) in [5, 5.41) is 2.96. The summed E-state index contributed by atoms with van der Waals surface area (Å²) in [6, 6.07) is 4.20. The second kappa shape index (κ2) is 9.43. The van der Waals surface area contributed by atoms with Gasteiger partial charge in [-0.15, -0.1) is 0 Å². The molecule has 1 aromatic heterocycles. The molecule has 4 rings (SSSR count). The van der Waals surface area contributed by atoms with Crippen molar-refractivity contribution in [2.24, 2.45) is 11.8 Å². The number of fused-ring (bicyclic) bond motifs is 2. The molecule has 2 atom stereocenters. The predicted molar refractivity (Wildman–Crippen MR) is 123 cm³/mol. The third-order valence-corrected chi connectivity index (χ3v) is 5.77. The molecule has 2 aliphatic heterocycles. The number of piperidine rings is 1. The highest BCUT2D eigenvalue weighted by atomic mass is 19.1. The average molecular weight is 470 g/mol. The smallest absolute Gasteiger partial charge is 0.410 e. The van der Waals surface area contributed by atoms with E-state index < -0.39 is 11.4 Å². The van der Waals surface area contributed by atoms with Crippen LogP contribution in [0.15, 0.2) is 24.5 Å². The summed E-state index contributed by atoms with van der Waals surface area (Å²) in [6.07, 6.45) is 0.834. The number of carbonyl (C=O) groups excluding carboxylic acids is 1. The first-order valence-corrected chi connectivity index (χ1v) is 11.1. The Hall–Kier alpha value is -3.45. The second-order valence-corrected chi connectivity index (χ2v) is 9.58. The van der Waals surface area contributed by atoms with Gasteiger partial charge in [0.1, 0.15) is 29.7 Å². The molecule has 9 nitrogen and oxygen atoms in total. The zero-order valence-corrected chi connectivity index (χ0v) is 19.7. The molecule has 2 bridgehead atoms. The van der Waals surface area contributed by atoms with Crippen molar-refractivity contribution in [1.29, 1.82) is 0 Å². The third-order valence-electron chi connectivity index (χ3n) is 5.77. The van der Waals surface area contributed by atoms with Gasteiger partial charge in [-0.2, -0.15) is 0 Å². The number of benzene rings is 1. The van der Waals surface area contributed by atoms with Crippen LogP contribution in [-0.4, -0.2) is 59.0 Å². The fraction of sp³-hybridized carbons (Fsp3) is 0.500.